The third-order valence-corrected chi connectivity index (χ3v) is 1.83. The van der Waals surface area contributed by atoms with Crippen molar-refractivity contribution in [1.82, 2.24) is 10.3 Å². The lowest BCUT2D eigenvalue weighted by molar-refractivity contribution is 0.714. The lowest BCUT2D eigenvalue weighted by atomic mass is 10.1. The van der Waals surface area contributed by atoms with Crippen molar-refractivity contribution in [2.24, 2.45) is 0 Å². The first-order valence-corrected chi connectivity index (χ1v) is 4.00. The summed E-state index contributed by atoms with van der Waals surface area (Å²) in [7, 11) is 1.92. The average Bonchev–Trinajstić information content (AvgIpc) is 2.07. The van der Waals surface area contributed by atoms with E-state index in [1.165, 1.54) is 5.56 Å². The summed E-state index contributed by atoms with van der Waals surface area (Å²) in [5.41, 5.74) is 2.24. The van der Waals surface area contributed by atoms with Crippen LogP contribution in [0.1, 0.15) is 17.3 Å². The van der Waals surface area contributed by atoms with Crippen LogP contribution in [0, 0.1) is 6.92 Å². The van der Waals surface area contributed by atoms with Crippen LogP contribution in [-0.2, 0) is 0 Å². The summed E-state index contributed by atoms with van der Waals surface area (Å²) in [6, 6.07) is 4.28. The van der Waals surface area contributed by atoms with Crippen LogP contribution in [0.2, 0.25) is 0 Å². The Kier molecular flexibility index (Phi) is 3.00. The number of likely N-dealkylation sites (N-methyl/N-ethyl adjacent to an activating group) is 1. The van der Waals surface area contributed by atoms with Crippen LogP contribution < -0.4 is 5.32 Å². The summed E-state index contributed by atoms with van der Waals surface area (Å²) in [5.74, 6) is 0. The van der Waals surface area contributed by atoms with E-state index in [4.69, 9.17) is 0 Å². The highest BCUT2D eigenvalue weighted by Crippen LogP contribution is 2.12. The molecule has 0 aliphatic carbocycles. The molecule has 0 aliphatic heterocycles. The normalized spacial score (nSPS) is 12.5. The number of pyridine rings is 1. The van der Waals surface area contributed by atoms with Crippen molar-refractivity contribution in [2.45, 2.75) is 13.0 Å². The van der Waals surface area contributed by atoms with Crippen molar-refractivity contribution < 1.29 is 0 Å². The fourth-order valence-corrected chi connectivity index (χ4v) is 1.18. The first-order valence-electron chi connectivity index (χ1n) is 4.00. The van der Waals surface area contributed by atoms with Gasteiger partial charge in [0.15, 0.2) is 0 Å². The number of nitrogens with zero attached hydrogens (tertiary/aromatic N) is 1. The smallest absolute Gasteiger partial charge is 0.0502 e. The standard InChI is InChI=1S/C10H14N2/c1-4-10(11-3)9-5-6-12-8(2)7-9/h4-7,10-11H,1H2,2-3H3. The fraction of sp³-hybridized carbons (Fsp3) is 0.300. The van der Waals surface area contributed by atoms with E-state index in [1.807, 2.05) is 32.3 Å². The molecule has 0 saturated heterocycles. The van der Waals surface area contributed by atoms with Crippen LogP contribution >= 0.6 is 0 Å². The molecule has 1 unspecified atom stereocenters. The van der Waals surface area contributed by atoms with Gasteiger partial charge >= 0.3 is 0 Å². The fourth-order valence-electron chi connectivity index (χ4n) is 1.18. The number of rotatable bonds is 3. The Balaban J connectivity index is 2.93. The van der Waals surface area contributed by atoms with E-state index in [2.05, 4.69) is 22.9 Å². The third kappa shape index (κ3) is 1.92. The predicted molar refractivity (Wildman–Crippen MR) is 51.0 cm³/mol. The first-order chi connectivity index (χ1) is 5.77. The monoisotopic (exact) mass is 162 g/mol. The zero-order chi connectivity index (χ0) is 8.97. The molecule has 1 heterocycles. The van der Waals surface area contributed by atoms with Gasteiger partial charge in [-0.05, 0) is 31.7 Å². The summed E-state index contributed by atoms with van der Waals surface area (Å²) in [5, 5.41) is 3.15. The van der Waals surface area contributed by atoms with Crippen LogP contribution in [0.15, 0.2) is 31.0 Å². The Morgan fingerprint density at radius 1 is 1.67 bits per heavy atom. The van der Waals surface area contributed by atoms with Crippen LogP contribution in [0.5, 0.6) is 0 Å². The summed E-state index contributed by atoms with van der Waals surface area (Å²) in [6.07, 6.45) is 3.70. The van der Waals surface area contributed by atoms with Gasteiger partial charge in [-0.15, -0.1) is 6.58 Å². The number of hydrogen-bond acceptors (Lipinski definition) is 2. The van der Waals surface area contributed by atoms with Crippen molar-refractivity contribution in [3.8, 4) is 0 Å². The molecule has 0 radical (unpaired) electrons. The first kappa shape index (κ1) is 8.94. The van der Waals surface area contributed by atoms with E-state index < -0.39 is 0 Å². The summed E-state index contributed by atoms with van der Waals surface area (Å²) in [4.78, 5) is 4.13. The zero-order valence-electron chi connectivity index (χ0n) is 7.54. The summed E-state index contributed by atoms with van der Waals surface area (Å²) in [6.45, 7) is 5.74. The predicted octanol–water partition coefficient (Wildman–Crippen LogP) is 1.84. The van der Waals surface area contributed by atoms with Crippen molar-refractivity contribution >= 4 is 0 Å². The zero-order valence-corrected chi connectivity index (χ0v) is 7.54. The lowest BCUT2D eigenvalue weighted by Gasteiger charge is -2.11. The molecule has 0 aromatic carbocycles. The Morgan fingerprint density at radius 2 is 2.42 bits per heavy atom. The average molecular weight is 162 g/mol. The SMILES string of the molecule is C=CC(NC)c1ccnc(C)c1. The summed E-state index contributed by atoms with van der Waals surface area (Å²) < 4.78 is 0. The number of aromatic nitrogens is 1. The molecular formula is C10H14N2. The minimum atomic E-state index is 0.228. The van der Waals surface area contributed by atoms with Gasteiger partial charge < -0.3 is 5.32 Å². The summed E-state index contributed by atoms with van der Waals surface area (Å²) >= 11 is 0. The maximum atomic E-state index is 4.13. The van der Waals surface area contributed by atoms with Crippen LogP contribution in [0.25, 0.3) is 0 Å². The molecule has 1 aromatic rings. The third-order valence-electron chi connectivity index (χ3n) is 1.83. The van der Waals surface area contributed by atoms with Crippen molar-refractivity contribution in [3.05, 3.63) is 42.2 Å². The van der Waals surface area contributed by atoms with Crippen LogP contribution in [0.3, 0.4) is 0 Å². The van der Waals surface area contributed by atoms with Gasteiger partial charge in [-0.3, -0.25) is 4.98 Å². The Bertz CT molecular complexity index is 268. The molecule has 64 valence electrons. The highest BCUT2D eigenvalue weighted by atomic mass is 14.9. The highest BCUT2D eigenvalue weighted by Gasteiger charge is 2.03. The van der Waals surface area contributed by atoms with Gasteiger partial charge in [0.1, 0.15) is 0 Å². The molecule has 0 bridgehead atoms. The van der Waals surface area contributed by atoms with E-state index in [0.29, 0.717) is 0 Å². The molecular weight excluding hydrogens is 148 g/mol. The number of aryl methyl sites for hydroxylation is 1. The molecule has 0 spiro atoms. The van der Waals surface area contributed by atoms with Crippen molar-refractivity contribution in [2.75, 3.05) is 7.05 Å². The topological polar surface area (TPSA) is 24.9 Å². The minimum Gasteiger partial charge on any atom is -0.310 e. The molecule has 1 aromatic heterocycles. The van der Waals surface area contributed by atoms with Gasteiger partial charge in [0.25, 0.3) is 0 Å². The van der Waals surface area contributed by atoms with Crippen LogP contribution in [-0.4, -0.2) is 12.0 Å². The Hall–Kier alpha value is -1.15. The molecule has 0 saturated carbocycles. The van der Waals surface area contributed by atoms with Gasteiger partial charge in [-0.1, -0.05) is 6.08 Å². The second-order valence-corrected chi connectivity index (χ2v) is 2.73. The molecule has 1 atom stereocenters. The number of nitrogens with one attached hydrogen (secondary N) is 1. The number of hydrogen-bond donors (Lipinski definition) is 1. The second kappa shape index (κ2) is 4.02. The van der Waals surface area contributed by atoms with E-state index >= 15 is 0 Å². The van der Waals surface area contributed by atoms with Gasteiger partial charge in [0.05, 0.1) is 6.04 Å². The minimum absolute atomic E-state index is 0.228. The van der Waals surface area contributed by atoms with E-state index in [-0.39, 0.29) is 6.04 Å². The van der Waals surface area contributed by atoms with Gasteiger partial charge in [-0.2, -0.15) is 0 Å². The molecule has 0 fully saturated rings. The van der Waals surface area contributed by atoms with E-state index in [9.17, 15) is 0 Å². The van der Waals surface area contributed by atoms with Crippen LogP contribution in [0.4, 0.5) is 0 Å². The molecule has 0 amide bonds. The molecule has 1 rings (SSSR count). The van der Waals surface area contributed by atoms with Gasteiger partial charge in [-0.25, -0.2) is 0 Å². The molecule has 1 N–H and O–H groups in total. The van der Waals surface area contributed by atoms with E-state index in [1.54, 1.807) is 0 Å². The maximum Gasteiger partial charge on any atom is 0.0502 e. The Morgan fingerprint density at radius 3 is 2.92 bits per heavy atom. The lowest BCUT2D eigenvalue weighted by Crippen LogP contribution is -2.13. The molecule has 0 aliphatic rings. The molecule has 2 nitrogen and oxygen atoms in total. The van der Waals surface area contributed by atoms with Gasteiger partial charge in [0, 0.05) is 11.9 Å². The Labute approximate surface area is 73.3 Å². The van der Waals surface area contributed by atoms with E-state index in [0.717, 1.165) is 5.69 Å². The molecule has 2 heteroatoms. The quantitative estimate of drug-likeness (QED) is 0.686. The molecule has 12 heavy (non-hydrogen) atoms. The second-order valence-electron chi connectivity index (χ2n) is 2.73. The van der Waals surface area contributed by atoms with Crippen molar-refractivity contribution in [3.63, 3.8) is 0 Å². The van der Waals surface area contributed by atoms with Gasteiger partial charge in [0.2, 0.25) is 0 Å². The highest BCUT2D eigenvalue weighted by molar-refractivity contribution is 5.22. The van der Waals surface area contributed by atoms with Crippen molar-refractivity contribution in [1.29, 1.82) is 0 Å². The largest absolute Gasteiger partial charge is 0.310 e. The maximum absolute atomic E-state index is 4.13.